The summed E-state index contributed by atoms with van der Waals surface area (Å²) in [7, 11) is 1.64. The zero-order valence-electron chi connectivity index (χ0n) is 15.5. The minimum atomic E-state index is 0.596. The van der Waals surface area contributed by atoms with Gasteiger partial charge in [0, 0.05) is 17.8 Å². The van der Waals surface area contributed by atoms with E-state index in [2.05, 4.69) is 35.3 Å². The predicted molar refractivity (Wildman–Crippen MR) is 112 cm³/mol. The molecule has 3 aromatic carbocycles. The van der Waals surface area contributed by atoms with Crippen LogP contribution in [0.1, 0.15) is 5.56 Å². The number of hydrogen-bond donors (Lipinski definition) is 0. The van der Waals surface area contributed by atoms with E-state index in [1.807, 2.05) is 60.7 Å². The molecule has 4 rings (SSSR count). The molecule has 0 saturated heterocycles. The number of pyridine rings is 1. The third-order valence-electron chi connectivity index (χ3n) is 4.66. The maximum absolute atomic E-state index is 9.65. The topological polar surface area (TPSA) is 45.9 Å². The zero-order valence-corrected chi connectivity index (χ0v) is 15.5. The summed E-state index contributed by atoms with van der Waals surface area (Å²) in [5.74, 6) is 0.729. The van der Waals surface area contributed by atoms with Gasteiger partial charge in [-0.3, -0.25) is 4.98 Å². The summed E-state index contributed by atoms with van der Waals surface area (Å²) in [5, 5.41) is 9.65. The highest BCUT2D eigenvalue weighted by Crippen LogP contribution is 2.40. The van der Waals surface area contributed by atoms with Crippen LogP contribution in [-0.4, -0.2) is 12.1 Å². The Morgan fingerprint density at radius 3 is 2.07 bits per heavy atom. The van der Waals surface area contributed by atoms with Gasteiger partial charge < -0.3 is 4.74 Å². The predicted octanol–water partition coefficient (Wildman–Crippen LogP) is 5.96. The van der Waals surface area contributed by atoms with Crippen LogP contribution in [0.4, 0.5) is 0 Å². The second-order valence-corrected chi connectivity index (χ2v) is 6.37. The van der Waals surface area contributed by atoms with E-state index in [1.165, 1.54) is 0 Å². The molecule has 0 aliphatic carbocycles. The third-order valence-corrected chi connectivity index (χ3v) is 4.66. The van der Waals surface area contributed by atoms with Gasteiger partial charge in [0.05, 0.1) is 24.4 Å². The number of benzene rings is 3. The number of methoxy groups -OCH3 is 1. The molecule has 0 bridgehead atoms. The fourth-order valence-corrected chi connectivity index (χ4v) is 3.36. The second kappa shape index (κ2) is 7.77. The fraction of sp³-hybridized carbons (Fsp3) is 0.0400. The Bertz CT molecular complexity index is 1150. The number of aromatic nitrogens is 1. The van der Waals surface area contributed by atoms with Gasteiger partial charge in [0.15, 0.2) is 0 Å². The van der Waals surface area contributed by atoms with E-state index in [4.69, 9.17) is 4.74 Å². The van der Waals surface area contributed by atoms with Crippen molar-refractivity contribution >= 4 is 0 Å². The number of nitrogens with zero attached hydrogens (tertiary/aromatic N) is 2. The van der Waals surface area contributed by atoms with Crippen LogP contribution < -0.4 is 4.74 Å². The summed E-state index contributed by atoms with van der Waals surface area (Å²) >= 11 is 0. The van der Waals surface area contributed by atoms with Crippen molar-refractivity contribution in [2.24, 2.45) is 0 Å². The molecule has 28 heavy (non-hydrogen) atoms. The van der Waals surface area contributed by atoms with Gasteiger partial charge in [-0.1, -0.05) is 60.7 Å². The SMILES string of the molecule is COc1ccnc(-c2cc(C#N)cc(-c3ccccc3)c2-c2ccccc2)c1. The summed E-state index contributed by atoms with van der Waals surface area (Å²) in [6.45, 7) is 0. The minimum Gasteiger partial charge on any atom is -0.497 e. The first-order chi connectivity index (χ1) is 13.8. The highest BCUT2D eigenvalue weighted by atomic mass is 16.5. The third kappa shape index (κ3) is 3.36. The molecule has 0 aliphatic heterocycles. The number of hydrogen-bond acceptors (Lipinski definition) is 3. The lowest BCUT2D eigenvalue weighted by Crippen LogP contribution is -1.95. The minimum absolute atomic E-state index is 0.596. The molecule has 0 amide bonds. The van der Waals surface area contributed by atoms with Crippen LogP contribution in [0.25, 0.3) is 33.5 Å². The van der Waals surface area contributed by atoms with Crippen molar-refractivity contribution in [2.75, 3.05) is 7.11 Å². The monoisotopic (exact) mass is 362 g/mol. The zero-order chi connectivity index (χ0) is 19.3. The molecule has 3 nitrogen and oxygen atoms in total. The first kappa shape index (κ1) is 17.5. The van der Waals surface area contributed by atoms with E-state index < -0.39 is 0 Å². The molecule has 0 fully saturated rings. The molecular formula is C25H18N2O. The molecule has 1 aromatic heterocycles. The molecule has 0 aliphatic rings. The molecule has 0 radical (unpaired) electrons. The first-order valence-corrected chi connectivity index (χ1v) is 8.99. The summed E-state index contributed by atoms with van der Waals surface area (Å²) in [5.41, 5.74) is 6.46. The molecule has 0 atom stereocenters. The van der Waals surface area contributed by atoms with Gasteiger partial charge >= 0.3 is 0 Å². The molecular weight excluding hydrogens is 344 g/mol. The van der Waals surface area contributed by atoms with E-state index in [0.717, 1.165) is 39.3 Å². The van der Waals surface area contributed by atoms with Crippen LogP contribution in [0.5, 0.6) is 5.75 Å². The molecule has 0 saturated carbocycles. The Morgan fingerprint density at radius 2 is 1.43 bits per heavy atom. The lowest BCUT2D eigenvalue weighted by Gasteiger charge is -2.17. The van der Waals surface area contributed by atoms with Gasteiger partial charge in [0.1, 0.15) is 5.75 Å². The van der Waals surface area contributed by atoms with E-state index in [9.17, 15) is 5.26 Å². The van der Waals surface area contributed by atoms with Crippen LogP contribution in [0.15, 0.2) is 91.1 Å². The van der Waals surface area contributed by atoms with Crippen LogP contribution in [0.3, 0.4) is 0 Å². The summed E-state index contributed by atoms with van der Waals surface area (Å²) in [6, 6.07) is 30.2. The number of ether oxygens (including phenoxy) is 1. The van der Waals surface area contributed by atoms with Gasteiger partial charge in [-0.15, -0.1) is 0 Å². The van der Waals surface area contributed by atoms with Crippen molar-refractivity contribution < 1.29 is 4.74 Å². The summed E-state index contributed by atoms with van der Waals surface area (Å²) < 4.78 is 5.39. The maximum Gasteiger partial charge on any atom is 0.122 e. The Labute approximate surface area is 164 Å². The Hall–Kier alpha value is -3.90. The highest BCUT2D eigenvalue weighted by molar-refractivity contribution is 5.94. The lowest BCUT2D eigenvalue weighted by molar-refractivity contribution is 0.414. The normalized spacial score (nSPS) is 10.3. The van der Waals surface area contributed by atoms with Crippen molar-refractivity contribution in [2.45, 2.75) is 0 Å². The molecule has 4 aromatic rings. The average Bonchev–Trinajstić information content (AvgIpc) is 2.79. The van der Waals surface area contributed by atoms with Gasteiger partial charge in [0.2, 0.25) is 0 Å². The average molecular weight is 362 g/mol. The Morgan fingerprint density at radius 1 is 0.786 bits per heavy atom. The van der Waals surface area contributed by atoms with Gasteiger partial charge in [-0.05, 0) is 40.5 Å². The van der Waals surface area contributed by atoms with Crippen LogP contribution >= 0.6 is 0 Å². The van der Waals surface area contributed by atoms with Crippen molar-refractivity contribution in [1.29, 1.82) is 5.26 Å². The quantitative estimate of drug-likeness (QED) is 0.450. The number of nitriles is 1. The van der Waals surface area contributed by atoms with Crippen molar-refractivity contribution in [3.8, 4) is 45.3 Å². The van der Waals surface area contributed by atoms with Gasteiger partial charge in [-0.2, -0.15) is 5.26 Å². The van der Waals surface area contributed by atoms with E-state index in [-0.39, 0.29) is 0 Å². The maximum atomic E-state index is 9.65. The first-order valence-electron chi connectivity index (χ1n) is 8.99. The van der Waals surface area contributed by atoms with Crippen LogP contribution in [0.2, 0.25) is 0 Å². The summed E-state index contributed by atoms with van der Waals surface area (Å²) in [4.78, 5) is 4.56. The van der Waals surface area contributed by atoms with Crippen LogP contribution in [0, 0.1) is 11.3 Å². The molecule has 0 N–H and O–H groups in total. The van der Waals surface area contributed by atoms with Crippen molar-refractivity contribution in [3.63, 3.8) is 0 Å². The van der Waals surface area contributed by atoms with Gasteiger partial charge in [0.25, 0.3) is 0 Å². The Balaban J connectivity index is 2.08. The highest BCUT2D eigenvalue weighted by Gasteiger charge is 2.17. The summed E-state index contributed by atoms with van der Waals surface area (Å²) in [6.07, 6.45) is 1.73. The lowest BCUT2D eigenvalue weighted by atomic mass is 9.87. The fourth-order valence-electron chi connectivity index (χ4n) is 3.36. The van der Waals surface area contributed by atoms with E-state index in [1.54, 1.807) is 13.3 Å². The molecule has 3 heteroatoms. The number of rotatable bonds is 4. The standard InChI is InChI=1S/C25H18N2O/c1-28-21-12-13-27-24(16-21)23-15-18(17-26)14-22(19-8-4-2-5-9-19)25(23)20-10-6-3-7-11-20/h2-16H,1H3. The Kier molecular flexibility index (Phi) is 4.86. The van der Waals surface area contributed by atoms with Gasteiger partial charge in [-0.25, -0.2) is 0 Å². The van der Waals surface area contributed by atoms with E-state index >= 15 is 0 Å². The van der Waals surface area contributed by atoms with Crippen molar-refractivity contribution in [1.82, 2.24) is 4.98 Å². The van der Waals surface area contributed by atoms with E-state index in [0.29, 0.717) is 5.56 Å². The molecule has 0 spiro atoms. The molecule has 1 heterocycles. The van der Waals surface area contributed by atoms with Crippen molar-refractivity contribution in [3.05, 3.63) is 96.7 Å². The molecule has 0 unspecified atom stereocenters. The smallest absolute Gasteiger partial charge is 0.122 e. The molecule has 134 valence electrons. The van der Waals surface area contributed by atoms with Crippen LogP contribution in [-0.2, 0) is 0 Å². The largest absolute Gasteiger partial charge is 0.497 e. The second-order valence-electron chi connectivity index (χ2n) is 6.37.